The molecule has 1 aliphatic carbocycles. The summed E-state index contributed by atoms with van der Waals surface area (Å²) in [5.74, 6) is 0.692. The number of ether oxygens (including phenoxy) is 1. The van der Waals surface area contributed by atoms with Crippen LogP contribution >= 0.6 is 11.3 Å². The lowest BCUT2D eigenvalue weighted by Crippen LogP contribution is -2.08. The van der Waals surface area contributed by atoms with Crippen LogP contribution in [-0.4, -0.2) is 21.3 Å². The van der Waals surface area contributed by atoms with Gasteiger partial charge in [0.2, 0.25) is 5.95 Å². The van der Waals surface area contributed by atoms with Crippen LogP contribution in [0, 0.1) is 25.7 Å². The molecular formula is C24H28FN3O2S2. The van der Waals surface area contributed by atoms with Crippen molar-refractivity contribution in [3.8, 4) is 16.2 Å². The Morgan fingerprint density at radius 1 is 1.22 bits per heavy atom. The van der Waals surface area contributed by atoms with E-state index in [2.05, 4.69) is 9.71 Å². The Hall–Kier alpha value is -2.32. The molecule has 1 N–H and O–H groups in total. The van der Waals surface area contributed by atoms with Gasteiger partial charge in [0.15, 0.2) is 11.0 Å². The number of hydrogen-bond acceptors (Lipinski definition) is 5. The zero-order valence-electron chi connectivity index (χ0n) is 18.6. The van der Waals surface area contributed by atoms with E-state index in [0.29, 0.717) is 21.9 Å². The lowest BCUT2D eigenvalue weighted by Gasteiger charge is -2.20. The van der Waals surface area contributed by atoms with Gasteiger partial charge >= 0.3 is 0 Å². The molecule has 5 nitrogen and oxygen atoms in total. The lowest BCUT2D eigenvalue weighted by molar-refractivity contribution is 0.356. The summed E-state index contributed by atoms with van der Waals surface area (Å²) in [7, 11) is -0.0493. The molecule has 0 amide bonds. The van der Waals surface area contributed by atoms with Crippen LogP contribution in [0.25, 0.3) is 10.4 Å². The first-order valence-corrected chi connectivity index (χ1v) is 12.9. The number of methoxy groups -OCH3 is 1. The summed E-state index contributed by atoms with van der Waals surface area (Å²) >= 11 is 1.73. The minimum atomic E-state index is -1.61. The Balaban J connectivity index is 1.59. The normalized spacial score (nSPS) is 15.5. The second-order valence-corrected chi connectivity index (χ2v) is 10.6. The Morgan fingerprint density at radius 3 is 2.72 bits per heavy atom. The van der Waals surface area contributed by atoms with E-state index in [9.17, 15) is 8.60 Å². The molecule has 1 atom stereocenters. The number of thiazole rings is 1. The van der Waals surface area contributed by atoms with E-state index in [1.54, 1.807) is 25.4 Å². The van der Waals surface area contributed by atoms with Gasteiger partial charge in [-0.2, -0.15) is 4.39 Å². The summed E-state index contributed by atoms with van der Waals surface area (Å²) in [6.07, 6.45) is 8.98. The van der Waals surface area contributed by atoms with Crippen molar-refractivity contribution in [1.82, 2.24) is 9.97 Å². The van der Waals surface area contributed by atoms with Crippen LogP contribution < -0.4 is 9.46 Å². The van der Waals surface area contributed by atoms with Crippen LogP contribution in [0.1, 0.15) is 48.4 Å². The summed E-state index contributed by atoms with van der Waals surface area (Å²) in [6, 6.07) is 7.01. The second-order valence-electron chi connectivity index (χ2n) is 8.29. The van der Waals surface area contributed by atoms with E-state index >= 15 is 0 Å². The Kier molecular flexibility index (Phi) is 7.20. The number of aromatic nitrogens is 2. The first-order valence-electron chi connectivity index (χ1n) is 10.9. The summed E-state index contributed by atoms with van der Waals surface area (Å²) in [5, 5.41) is 1.18. The SMILES string of the molecule is COc1ccc(-c2sc(CC3CCCCC3)nc2C)cc1S(=O)Nc1cnc(F)cc1C. The fourth-order valence-electron chi connectivity index (χ4n) is 4.19. The number of pyridine rings is 1. The minimum Gasteiger partial charge on any atom is -0.495 e. The van der Waals surface area contributed by atoms with Crippen LogP contribution in [0.3, 0.4) is 0 Å². The molecule has 0 spiro atoms. The van der Waals surface area contributed by atoms with Crippen molar-refractivity contribution in [2.24, 2.45) is 5.92 Å². The van der Waals surface area contributed by atoms with E-state index in [0.717, 1.165) is 28.5 Å². The van der Waals surface area contributed by atoms with Crippen molar-refractivity contribution in [2.75, 3.05) is 11.8 Å². The van der Waals surface area contributed by atoms with Crippen LogP contribution in [0.5, 0.6) is 5.75 Å². The van der Waals surface area contributed by atoms with Crippen LogP contribution in [0.4, 0.5) is 10.1 Å². The van der Waals surface area contributed by atoms with Crippen molar-refractivity contribution < 1.29 is 13.3 Å². The molecule has 2 heterocycles. The van der Waals surface area contributed by atoms with Crippen molar-refractivity contribution in [3.05, 3.63) is 52.7 Å². The zero-order valence-corrected chi connectivity index (χ0v) is 20.2. The van der Waals surface area contributed by atoms with E-state index in [1.807, 2.05) is 25.1 Å². The third kappa shape index (κ3) is 5.18. The highest BCUT2D eigenvalue weighted by molar-refractivity contribution is 7.86. The highest BCUT2D eigenvalue weighted by Gasteiger charge is 2.19. The Morgan fingerprint density at radius 2 is 2.00 bits per heavy atom. The predicted molar refractivity (Wildman–Crippen MR) is 128 cm³/mol. The van der Waals surface area contributed by atoms with Gasteiger partial charge in [-0.05, 0) is 55.2 Å². The smallest absolute Gasteiger partial charge is 0.213 e. The highest BCUT2D eigenvalue weighted by atomic mass is 32.2. The molecule has 3 aromatic rings. The monoisotopic (exact) mass is 473 g/mol. The first-order chi connectivity index (χ1) is 15.4. The fourth-order valence-corrected chi connectivity index (χ4v) is 6.46. The van der Waals surface area contributed by atoms with Gasteiger partial charge in [-0.25, -0.2) is 14.2 Å². The molecule has 32 heavy (non-hydrogen) atoms. The maximum Gasteiger partial charge on any atom is 0.213 e. The van der Waals surface area contributed by atoms with Crippen LogP contribution in [0.15, 0.2) is 35.4 Å². The molecule has 0 saturated heterocycles. The molecule has 1 aliphatic rings. The van der Waals surface area contributed by atoms with Gasteiger partial charge in [-0.15, -0.1) is 11.3 Å². The Labute approximate surface area is 195 Å². The molecule has 0 aliphatic heterocycles. The zero-order chi connectivity index (χ0) is 22.7. The summed E-state index contributed by atoms with van der Waals surface area (Å²) < 4.78 is 34.9. The molecule has 1 aromatic carbocycles. The second kappa shape index (κ2) is 10.1. The first kappa shape index (κ1) is 22.9. The topological polar surface area (TPSA) is 64.1 Å². The molecule has 0 bridgehead atoms. The van der Waals surface area contributed by atoms with Crippen LogP contribution in [-0.2, 0) is 17.4 Å². The standard InChI is InChI=1S/C24H28FN3O2S2/c1-15-11-22(25)26-14-19(15)28-32(29)21-13-18(9-10-20(21)30-3)24-16(2)27-23(31-24)12-17-7-5-4-6-8-17/h9-11,13-14,17,28H,4-8,12H2,1-3H3. The average Bonchev–Trinajstić information content (AvgIpc) is 3.15. The number of halogens is 1. The lowest BCUT2D eigenvalue weighted by atomic mass is 9.87. The molecule has 170 valence electrons. The summed E-state index contributed by atoms with van der Waals surface area (Å²) in [6.45, 7) is 3.77. The molecule has 4 rings (SSSR count). The largest absolute Gasteiger partial charge is 0.495 e. The maximum atomic E-state index is 13.3. The summed E-state index contributed by atoms with van der Waals surface area (Å²) in [5.41, 5.74) is 3.11. The molecule has 1 saturated carbocycles. The third-order valence-corrected chi connectivity index (χ3v) is 8.29. The third-order valence-electron chi connectivity index (χ3n) is 5.93. The fraction of sp³-hybridized carbons (Fsp3) is 0.417. The van der Waals surface area contributed by atoms with Gasteiger partial charge in [-0.3, -0.25) is 4.72 Å². The van der Waals surface area contributed by atoms with E-state index < -0.39 is 16.9 Å². The number of aryl methyl sites for hydroxylation is 2. The number of nitrogens with one attached hydrogen (secondary N) is 1. The molecule has 8 heteroatoms. The van der Waals surface area contributed by atoms with Gasteiger partial charge in [-0.1, -0.05) is 32.1 Å². The number of nitrogens with zero attached hydrogens (tertiary/aromatic N) is 2. The molecule has 1 unspecified atom stereocenters. The highest BCUT2D eigenvalue weighted by Crippen LogP contribution is 2.36. The van der Waals surface area contributed by atoms with Gasteiger partial charge in [0.1, 0.15) is 10.6 Å². The van der Waals surface area contributed by atoms with Crippen molar-refractivity contribution >= 4 is 28.0 Å². The molecular weight excluding hydrogens is 445 g/mol. The molecule has 0 radical (unpaired) electrons. The van der Waals surface area contributed by atoms with Crippen molar-refractivity contribution in [3.63, 3.8) is 0 Å². The predicted octanol–water partition coefficient (Wildman–Crippen LogP) is 6.23. The number of rotatable bonds is 7. The van der Waals surface area contributed by atoms with Gasteiger partial charge in [0.05, 0.1) is 34.6 Å². The summed E-state index contributed by atoms with van der Waals surface area (Å²) in [4.78, 5) is 10.1. The van der Waals surface area contributed by atoms with E-state index in [1.165, 1.54) is 49.4 Å². The Bertz CT molecular complexity index is 1130. The quantitative estimate of drug-likeness (QED) is 0.413. The minimum absolute atomic E-state index is 0.515. The number of benzene rings is 1. The average molecular weight is 474 g/mol. The molecule has 2 aromatic heterocycles. The van der Waals surface area contributed by atoms with Gasteiger partial charge in [0.25, 0.3) is 0 Å². The molecule has 1 fully saturated rings. The number of hydrogen-bond donors (Lipinski definition) is 1. The maximum absolute atomic E-state index is 13.3. The van der Waals surface area contributed by atoms with E-state index in [-0.39, 0.29) is 0 Å². The van der Waals surface area contributed by atoms with E-state index in [4.69, 9.17) is 9.72 Å². The number of anilines is 1. The van der Waals surface area contributed by atoms with Crippen LogP contribution in [0.2, 0.25) is 0 Å². The van der Waals surface area contributed by atoms with Gasteiger partial charge < -0.3 is 4.74 Å². The van der Waals surface area contributed by atoms with Gasteiger partial charge in [0, 0.05) is 6.42 Å². The van der Waals surface area contributed by atoms with Crippen molar-refractivity contribution in [2.45, 2.75) is 57.3 Å². The van der Waals surface area contributed by atoms with Crippen molar-refractivity contribution in [1.29, 1.82) is 0 Å².